The largest absolute Gasteiger partial charge is 0.490 e. The Hall–Kier alpha value is -3.50. The van der Waals surface area contributed by atoms with Crippen molar-refractivity contribution in [3.63, 3.8) is 0 Å². The van der Waals surface area contributed by atoms with Gasteiger partial charge in [0.1, 0.15) is 17.3 Å². The Morgan fingerprint density at radius 3 is 2.55 bits per heavy atom. The Balaban J connectivity index is 1.57. The second kappa shape index (κ2) is 10.5. The lowest BCUT2D eigenvalue weighted by atomic mass is 9.59. The smallest absolute Gasteiger partial charge is 0.238 e. The minimum Gasteiger partial charge on any atom is -0.490 e. The van der Waals surface area contributed by atoms with Gasteiger partial charge in [0, 0.05) is 52.3 Å². The Morgan fingerprint density at radius 1 is 1.02 bits per heavy atom. The highest BCUT2D eigenvalue weighted by Gasteiger charge is 2.61. The molecule has 0 radical (unpaired) electrons. The fourth-order valence-corrected chi connectivity index (χ4v) is 6.89. The molecule has 3 atom stereocenters. The maximum Gasteiger partial charge on any atom is 0.238 e. The molecule has 8 heteroatoms. The van der Waals surface area contributed by atoms with Gasteiger partial charge in [-0.15, -0.1) is 6.42 Å². The van der Waals surface area contributed by atoms with Crippen molar-refractivity contribution in [3.05, 3.63) is 93.0 Å². The van der Waals surface area contributed by atoms with Crippen molar-refractivity contribution < 1.29 is 14.3 Å². The van der Waals surface area contributed by atoms with Crippen LogP contribution in [0.15, 0.2) is 60.7 Å². The van der Waals surface area contributed by atoms with Gasteiger partial charge < -0.3 is 20.3 Å². The molecule has 6 nitrogen and oxygen atoms in total. The molecular formula is C32H29Cl2N3O3. The molecule has 3 aromatic rings. The summed E-state index contributed by atoms with van der Waals surface area (Å²) < 4.78 is 6.61. The van der Waals surface area contributed by atoms with Crippen LogP contribution in [-0.4, -0.2) is 43.0 Å². The second-order valence-corrected chi connectivity index (χ2v) is 11.7. The predicted molar refractivity (Wildman–Crippen MR) is 157 cm³/mol. The molecular weight excluding hydrogens is 545 g/mol. The van der Waals surface area contributed by atoms with Crippen molar-refractivity contribution in [3.8, 4) is 18.1 Å². The van der Waals surface area contributed by atoms with Crippen molar-refractivity contribution in [1.29, 1.82) is 0 Å². The second-order valence-electron chi connectivity index (χ2n) is 10.8. The summed E-state index contributed by atoms with van der Waals surface area (Å²) in [5.74, 6) is 2.41. The monoisotopic (exact) mass is 573 g/mol. The number of ether oxygens (including phenoxy) is 1. The number of benzene rings is 3. The summed E-state index contributed by atoms with van der Waals surface area (Å²) in [6.45, 7) is 1.86. The summed E-state index contributed by atoms with van der Waals surface area (Å²) >= 11 is 12.8. The highest BCUT2D eigenvalue weighted by atomic mass is 35.5. The van der Waals surface area contributed by atoms with E-state index in [2.05, 4.69) is 28.5 Å². The van der Waals surface area contributed by atoms with E-state index in [-0.39, 0.29) is 24.3 Å². The van der Waals surface area contributed by atoms with Gasteiger partial charge in [-0.1, -0.05) is 47.3 Å². The van der Waals surface area contributed by atoms with E-state index in [1.807, 2.05) is 42.5 Å². The zero-order chi connectivity index (χ0) is 28.0. The molecule has 2 fully saturated rings. The third kappa shape index (κ3) is 4.53. The zero-order valence-corrected chi connectivity index (χ0v) is 23.6. The third-order valence-corrected chi connectivity index (χ3v) is 8.92. The summed E-state index contributed by atoms with van der Waals surface area (Å²) in [6.07, 6.45) is 7.70. The molecule has 6 rings (SSSR count). The van der Waals surface area contributed by atoms with Gasteiger partial charge >= 0.3 is 0 Å². The first-order valence-corrected chi connectivity index (χ1v) is 14.2. The van der Waals surface area contributed by atoms with Crippen molar-refractivity contribution >= 4 is 40.7 Å². The van der Waals surface area contributed by atoms with E-state index in [1.165, 1.54) is 0 Å². The molecule has 0 aliphatic carbocycles. The van der Waals surface area contributed by atoms with Gasteiger partial charge in [-0.25, -0.2) is 0 Å². The van der Waals surface area contributed by atoms with Gasteiger partial charge in [-0.2, -0.15) is 0 Å². The van der Waals surface area contributed by atoms with E-state index in [1.54, 1.807) is 18.2 Å². The molecule has 2 N–H and O–H groups in total. The minimum atomic E-state index is -1.21. The van der Waals surface area contributed by atoms with Crippen LogP contribution >= 0.6 is 23.2 Å². The van der Waals surface area contributed by atoms with Gasteiger partial charge in [0.15, 0.2) is 0 Å². The van der Waals surface area contributed by atoms with Crippen LogP contribution in [-0.2, 0) is 15.0 Å². The fraction of sp³-hybridized carbons (Fsp3) is 0.312. The zero-order valence-electron chi connectivity index (χ0n) is 22.0. The van der Waals surface area contributed by atoms with E-state index < -0.39 is 17.4 Å². The summed E-state index contributed by atoms with van der Waals surface area (Å²) in [7, 11) is 2.10. The highest BCUT2D eigenvalue weighted by Crippen LogP contribution is 2.58. The molecule has 0 bridgehead atoms. The number of nitrogens with zero attached hydrogens (tertiary/aromatic N) is 1. The lowest BCUT2D eigenvalue weighted by Crippen LogP contribution is -2.57. The van der Waals surface area contributed by atoms with Gasteiger partial charge in [-0.3, -0.25) is 9.59 Å². The van der Waals surface area contributed by atoms with Crippen LogP contribution in [0, 0.1) is 12.3 Å². The SMILES string of the molecule is C#Cc1ccc(OC2CCN(C)CC2)c(C2NC(=O)CC(c3cccc(Cl)c3)C23C(=O)Nc2cc(Cl)ccc23)c1. The molecule has 2 amide bonds. The number of halogens is 2. The normalized spacial score (nSPS) is 24.8. The number of carbonyl (C=O) groups is 2. The molecule has 3 aliphatic heterocycles. The Kier molecular flexibility index (Phi) is 7.00. The van der Waals surface area contributed by atoms with Crippen LogP contribution < -0.4 is 15.4 Å². The first-order valence-electron chi connectivity index (χ1n) is 13.4. The summed E-state index contributed by atoms with van der Waals surface area (Å²) in [6, 6.07) is 17.6. The average Bonchev–Trinajstić information content (AvgIpc) is 3.22. The lowest BCUT2D eigenvalue weighted by molar-refractivity contribution is -0.131. The Bertz CT molecular complexity index is 1540. The van der Waals surface area contributed by atoms with E-state index >= 15 is 0 Å². The molecule has 0 saturated carbocycles. The standard InChI is InChI=1S/C32H29Cl2N3O3/c1-3-19-7-10-28(40-23-11-13-37(2)14-12-23)24(15-19)30-32(25-9-8-22(34)17-27(25)35-31(32)39)26(18-29(38)36-30)20-5-4-6-21(33)16-20/h1,4-10,15-17,23,26,30H,11-14,18H2,2H3,(H,35,39)(H,36,38). The number of fused-ring (bicyclic) bond motifs is 2. The molecule has 204 valence electrons. The molecule has 3 aromatic carbocycles. The molecule has 3 aliphatic rings. The molecule has 40 heavy (non-hydrogen) atoms. The summed E-state index contributed by atoms with van der Waals surface area (Å²) in [5, 5.41) is 7.29. The summed E-state index contributed by atoms with van der Waals surface area (Å²) in [5.41, 5.74) is 2.28. The van der Waals surface area contributed by atoms with Crippen LogP contribution in [0.4, 0.5) is 5.69 Å². The number of likely N-dealkylation sites (tertiary alicyclic amines) is 1. The van der Waals surface area contributed by atoms with Crippen LogP contribution in [0.25, 0.3) is 0 Å². The Morgan fingerprint density at radius 2 is 1.80 bits per heavy atom. The number of piperidine rings is 2. The number of carbonyl (C=O) groups excluding carboxylic acids is 2. The predicted octanol–water partition coefficient (Wildman–Crippen LogP) is 5.68. The van der Waals surface area contributed by atoms with Crippen molar-refractivity contribution in [2.75, 3.05) is 25.5 Å². The fourth-order valence-electron chi connectivity index (χ4n) is 6.52. The number of rotatable bonds is 4. The number of terminal acetylenes is 1. The van der Waals surface area contributed by atoms with Crippen LogP contribution in [0.5, 0.6) is 5.75 Å². The number of hydrogen-bond acceptors (Lipinski definition) is 4. The van der Waals surface area contributed by atoms with Crippen LogP contribution in [0.3, 0.4) is 0 Å². The number of nitrogens with one attached hydrogen (secondary N) is 2. The number of anilines is 1. The summed E-state index contributed by atoms with van der Waals surface area (Å²) in [4.78, 5) is 30.1. The quantitative estimate of drug-likeness (QED) is 0.394. The van der Waals surface area contributed by atoms with Crippen LogP contribution in [0.2, 0.25) is 10.0 Å². The minimum absolute atomic E-state index is 0.00843. The maximum atomic E-state index is 14.3. The van der Waals surface area contributed by atoms with Crippen molar-refractivity contribution in [2.24, 2.45) is 0 Å². The first-order chi connectivity index (χ1) is 19.3. The third-order valence-electron chi connectivity index (χ3n) is 8.45. The molecule has 1 spiro atoms. The van der Waals surface area contributed by atoms with Crippen molar-refractivity contribution in [1.82, 2.24) is 10.2 Å². The lowest BCUT2D eigenvalue weighted by Gasteiger charge is -2.47. The molecule has 2 saturated heterocycles. The highest BCUT2D eigenvalue weighted by molar-refractivity contribution is 6.31. The average molecular weight is 575 g/mol. The van der Waals surface area contributed by atoms with Gasteiger partial charge in [0.2, 0.25) is 11.8 Å². The van der Waals surface area contributed by atoms with Gasteiger partial charge in [0.25, 0.3) is 0 Å². The van der Waals surface area contributed by atoms with Gasteiger partial charge in [0.05, 0.1) is 6.04 Å². The van der Waals surface area contributed by atoms with Crippen LogP contribution in [0.1, 0.15) is 53.5 Å². The van der Waals surface area contributed by atoms with E-state index in [9.17, 15) is 9.59 Å². The molecule has 0 aromatic heterocycles. The maximum absolute atomic E-state index is 14.3. The van der Waals surface area contributed by atoms with E-state index in [4.69, 9.17) is 34.4 Å². The topological polar surface area (TPSA) is 70.7 Å². The van der Waals surface area contributed by atoms with E-state index in [0.717, 1.165) is 37.1 Å². The van der Waals surface area contributed by atoms with Gasteiger partial charge in [-0.05, 0) is 73.5 Å². The first kappa shape index (κ1) is 26.7. The number of amides is 2. The van der Waals surface area contributed by atoms with E-state index in [0.29, 0.717) is 32.6 Å². The molecule has 3 heterocycles. The van der Waals surface area contributed by atoms with Crippen molar-refractivity contribution in [2.45, 2.75) is 42.7 Å². The Labute approximate surface area is 244 Å². The molecule has 3 unspecified atom stereocenters. The number of hydrogen-bond donors (Lipinski definition) is 2.